The summed E-state index contributed by atoms with van der Waals surface area (Å²) in [6.45, 7) is -0.0575. The van der Waals surface area contributed by atoms with Crippen molar-refractivity contribution >= 4 is 10.1 Å². The summed E-state index contributed by atoms with van der Waals surface area (Å²) in [5.74, 6) is 0. The van der Waals surface area contributed by atoms with Crippen molar-refractivity contribution in [2.45, 2.75) is 11.5 Å². The van der Waals surface area contributed by atoms with Gasteiger partial charge in [-0.1, -0.05) is 24.3 Å². The van der Waals surface area contributed by atoms with Crippen LogP contribution in [-0.4, -0.2) is 13.4 Å². The lowest BCUT2D eigenvalue weighted by Gasteiger charge is -2.04. The molecule has 1 aromatic carbocycles. The smallest absolute Gasteiger partial charge is 0.260 e. The average molecular weight is 249 g/mol. The van der Waals surface area contributed by atoms with Crippen molar-refractivity contribution in [2.75, 3.05) is 0 Å². The van der Waals surface area contributed by atoms with Gasteiger partial charge in [-0.2, -0.15) is 8.42 Å². The molecule has 0 radical (unpaired) electrons. The summed E-state index contributed by atoms with van der Waals surface area (Å²) in [7, 11) is -3.70. The molecule has 0 fully saturated rings. The maximum absolute atomic E-state index is 11.8. The number of benzene rings is 1. The van der Waals surface area contributed by atoms with E-state index in [-0.39, 0.29) is 11.5 Å². The minimum atomic E-state index is -3.70. The van der Waals surface area contributed by atoms with Gasteiger partial charge >= 0.3 is 0 Å². The zero-order valence-corrected chi connectivity index (χ0v) is 9.80. The van der Waals surface area contributed by atoms with E-state index in [1.807, 2.05) is 0 Å². The largest absolute Gasteiger partial charge is 0.297 e. The van der Waals surface area contributed by atoms with Gasteiger partial charge in [0.25, 0.3) is 10.1 Å². The van der Waals surface area contributed by atoms with E-state index in [1.54, 1.807) is 42.6 Å². The molecule has 2 rings (SSSR count). The summed E-state index contributed by atoms with van der Waals surface area (Å²) < 4.78 is 28.4. The maximum atomic E-state index is 11.8. The van der Waals surface area contributed by atoms with Crippen LogP contribution in [0.3, 0.4) is 0 Å². The van der Waals surface area contributed by atoms with Gasteiger partial charge in [-0.05, 0) is 24.3 Å². The van der Waals surface area contributed by atoms with Gasteiger partial charge in [0.05, 0.1) is 10.6 Å². The monoisotopic (exact) mass is 249 g/mol. The molecule has 0 atom stereocenters. The number of nitrogens with zero attached hydrogens (tertiary/aromatic N) is 1. The summed E-state index contributed by atoms with van der Waals surface area (Å²) >= 11 is 0. The minimum absolute atomic E-state index is 0.0575. The van der Waals surface area contributed by atoms with E-state index in [9.17, 15) is 8.42 Å². The molecule has 0 saturated heterocycles. The van der Waals surface area contributed by atoms with Crippen LogP contribution in [0.4, 0.5) is 0 Å². The van der Waals surface area contributed by atoms with Crippen molar-refractivity contribution in [2.24, 2.45) is 0 Å². The fourth-order valence-corrected chi connectivity index (χ4v) is 2.18. The summed E-state index contributed by atoms with van der Waals surface area (Å²) in [5, 5.41) is 0. The third-order valence-electron chi connectivity index (χ3n) is 2.12. The quantitative estimate of drug-likeness (QED) is 0.777. The Hall–Kier alpha value is -1.72. The van der Waals surface area contributed by atoms with Crippen LogP contribution in [0.15, 0.2) is 59.6 Å². The van der Waals surface area contributed by atoms with E-state index in [4.69, 9.17) is 4.18 Å². The second kappa shape index (κ2) is 5.07. The Morgan fingerprint density at radius 3 is 2.35 bits per heavy atom. The number of rotatable bonds is 4. The molecule has 5 heteroatoms. The summed E-state index contributed by atoms with van der Waals surface area (Å²) in [6.07, 6.45) is 1.59. The number of hydrogen-bond donors (Lipinski definition) is 0. The van der Waals surface area contributed by atoms with Crippen LogP contribution in [0.1, 0.15) is 5.69 Å². The van der Waals surface area contributed by atoms with Crippen LogP contribution in [0, 0.1) is 0 Å². The highest BCUT2D eigenvalue weighted by Crippen LogP contribution is 2.12. The van der Waals surface area contributed by atoms with Crippen molar-refractivity contribution in [1.82, 2.24) is 4.98 Å². The molecule has 0 unspecified atom stereocenters. The highest BCUT2D eigenvalue weighted by Gasteiger charge is 2.14. The Balaban J connectivity index is 2.09. The molecule has 17 heavy (non-hydrogen) atoms. The Morgan fingerprint density at radius 2 is 1.71 bits per heavy atom. The van der Waals surface area contributed by atoms with Crippen LogP contribution < -0.4 is 0 Å². The Kier molecular flexibility index (Phi) is 3.51. The van der Waals surface area contributed by atoms with Crippen LogP contribution >= 0.6 is 0 Å². The Labute approximate surface area is 100 Å². The maximum Gasteiger partial charge on any atom is 0.297 e. The molecule has 1 aromatic heterocycles. The fraction of sp³-hybridized carbons (Fsp3) is 0.0833. The lowest BCUT2D eigenvalue weighted by molar-refractivity contribution is 0.303. The molecule has 1 heterocycles. The molecule has 2 aromatic rings. The van der Waals surface area contributed by atoms with Crippen molar-refractivity contribution in [3.8, 4) is 0 Å². The summed E-state index contributed by atoms with van der Waals surface area (Å²) in [5.41, 5.74) is 0.576. The summed E-state index contributed by atoms with van der Waals surface area (Å²) in [6, 6.07) is 13.3. The van der Waals surface area contributed by atoms with Gasteiger partial charge < -0.3 is 0 Å². The normalized spacial score (nSPS) is 11.3. The van der Waals surface area contributed by atoms with Crippen molar-refractivity contribution < 1.29 is 12.6 Å². The predicted octanol–water partition coefficient (Wildman–Crippen LogP) is 1.99. The molecule has 0 amide bonds. The van der Waals surface area contributed by atoms with Gasteiger partial charge in [-0.15, -0.1) is 0 Å². The first-order valence-electron chi connectivity index (χ1n) is 5.03. The van der Waals surface area contributed by atoms with Crippen molar-refractivity contribution in [1.29, 1.82) is 0 Å². The highest BCUT2D eigenvalue weighted by atomic mass is 32.2. The van der Waals surface area contributed by atoms with E-state index >= 15 is 0 Å². The van der Waals surface area contributed by atoms with Crippen LogP contribution in [0.25, 0.3) is 0 Å². The topological polar surface area (TPSA) is 56.3 Å². The lowest BCUT2D eigenvalue weighted by atomic mass is 10.4. The molecule has 0 saturated carbocycles. The van der Waals surface area contributed by atoms with Gasteiger partial charge in [-0.3, -0.25) is 9.17 Å². The van der Waals surface area contributed by atoms with E-state index < -0.39 is 10.1 Å². The van der Waals surface area contributed by atoms with E-state index in [0.29, 0.717) is 5.69 Å². The van der Waals surface area contributed by atoms with Crippen molar-refractivity contribution in [3.05, 3.63) is 60.4 Å². The fourth-order valence-electron chi connectivity index (χ4n) is 1.28. The molecule has 88 valence electrons. The molecule has 0 spiro atoms. The first-order chi connectivity index (χ1) is 8.18. The second-order valence-corrected chi connectivity index (χ2v) is 4.97. The zero-order chi connectivity index (χ0) is 12.1. The average Bonchev–Trinajstić information content (AvgIpc) is 2.39. The van der Waals surface area contributed by atoms with Gasteiger partial charge in [0.2, 0.25) is 0 Å². The number of hydrogen-bond acceptors (Lipinski definition) is 4. The van der Waals surface area contributed by atoms with E-state index in [2.05, 4.69) is 4.98 Å². The number of pyridine rings is 1. The first kappa shape index (κ1) is 11.8. The van der Waals surface area contributed by atoms with Gasteiger partial charge in [0.15, 0.2) is 0 Å². The van der Waals surface area contributed by atoms with Crippen LogP contribution in [-0.2, 0) is 20.9 Å². The standard InChI is InChI=1S/C12H11NO3S/c14-17(15,12-7-2-1-3-8-12)16-10-11-6-4-5-9-13-11/h1-9H,10H2. The summed E-state index contributed by atoms with van der Waals surface area (Å²) in [4.78, 5) is 4.14. The third kappa shape index (κ3) is 3.12. The van der Waals surface area contributed by atoms with Gasteiger partial charge in [-0.25, -0.2) is 0 Å². The van der Waals surface area contributed by atoms with E-state index in [0.717, 1.165) is 0 Å². The molecule has 0 aliphatic rings. The predicted molar refractivity (Wildman–Crippen MR) is 62.7 cm³/mol. The molecule has 0 aliphatic carbocycles. The molecular weight excluding hydrogens is 238 g/mol. The Morgan fingerprint density at radius 1 is 1.00 bits per heavy atom. The van der Waals surface area contributed by atoms with Crippen LogP contribution in [0.5, 0.6) is 0 Å². The SMILES string of the molecule is O=S(=O)(OCc1ccccn1)c1ccccc1. The van der Waals surface area contributed by atoms with E-state index in [1.165, 1.54) is 12.1 Å². The van der Waals surface area contributed by atoms with Gasteiger partial charge in [0.1, 0.15) is 6.61 Å². The second-order valence-electron chi connectivity index (χ2n) is 3.35. The molecule has 0 N–H and O–H groups in total. The lowest BCUT2D eigenvalue weighted by Crippen LogP contribution is -2.06. The number of aromatic nitrogens is 1. The molecule has 0 aliphatic heterocycles. The molecule has 0 bridgehead atoms. The third-order valence-corrected chi connectivity index (χ3v) is 3.40. The highest BCUT2D eigenvalue weighted by molar-refractivity contribution is 7.86. The molecular formula is C12H11NO3S. The first-order valence-corrected chi connectivity index (χ1v) is 6.44. The van der Waals surface area contributed by atoms with Gasteiger partial charge in [0, 0.05) is 6.20 Å². The minimum Gasteiger partial charge on any atom is -0.260 e. The Bertz CT molecular complexity index is 567. The van der Waals surface area contributed by atoms with Crippen LogP contribution in [0.2, 0.25) is 0 Å². The molecule has 4 nitrogen and oxygen atoms in total. The zero-order valence-electron chi connectivity index (χ0n) is 8.98. The van der Waals surface area contributed by atoms with Crippen molar-refractivity contribution in [3.63, 3.8) is 0 Å².